The summed E-state index contributed by atoms with van der Waals surface area (Å²) in [7, 11) is 0. The predicted molar refractivity (Wildman–Crippen MR) is 79.9 cm³/mol. The van der Waals surface area contributed by atoms with Crippen LogP contribution in [0.1, 0.15) is 52.4 Å². The molecule has 4 atom stereocenters. The fourth-order valence-electron chi connectivity index (χ4n) is 5.52. The van der Waals surface area contributed by atoms with E-state index in [9.17, 15) is 19.8 Å². The quantitative estimate of drug-likeness (QED) is 0.608. The second-order valence-corrected chi connectivity index (χ2v) is 8.40. The molecule has 2 aliphatic carbocycles. The van der Waals surface area contributed by atoms with Gasteiger partial charge in [0.15, 0.2) is 0 Å². The molecule has 0 aromatic rings. The maximum atomic E-state index is 12.5. The number of amides is 1. The lowest BCUT2D eigenvalue weighted by Gasteiger charge is -2.48. The Hall–Kier alpha value is -1.14. The van der Waals surface area contributed by atoms with Crippen molar-refractivity contribution in [1.82, 2.24) is 5.32 Å². The zero-order valence-electron chi connectivity index (χ0n) is 13.3. The molecule has 3 fully saturated rings. The van der Waals surface area contributed by atoms with E-state index in [0.29, 0.717) is 25.7 Å². The normalized spacial score (nSPS) is 46.0. The Morgan fingerprint density at radius 2 is 1.95 bits per heavy atom. The molecule has 0 radical (unpaired) electrons. The van der Waals surface area contributed by atoms with Crippen molar-refractivity contribution in [2.24, 2.45) is 22.0 Å². The Morgan fingerprint density at radius 3 is 2.45 bits per heavy atom. The van der Waals surface area contributed by atoms with Crippen LogP contribution >= 0.6 is 0 Å². The number of hydrogen-bond acceptors (Lipinski definition) is 4. The van der Waals surface area contributed by atoms with Crippen molar-refractivity contribution in [3.63, 3.8) is 0 Å². The van der Waals surface area contributed by atoms with Crippen LogP contribution in [0.15, 0.2) is 0 Å². The number of nitrogens with two attached hydrogens (primary N) is 1. The van der Waals surface area contributed by atoms with Crippen molar-refractivity contribution >= 4 is 11.9 Å². The van der Waals surface area contributed by atoms with E-state index in [-0.39, 0.29) is 17.9 Å². The summed E-state index contributed by atoms with van der Waals surface area (Å²) in [4.78, 5) is 23.9. The molecule has 3 aliphatic rings. The van der Waals surface area contributed by atoms with Crippen LogP contribution in [0.25, 0.3) is 0 Å². The van der Waals surface area contributed by atoms with Gasteiger partial charge in [-0.05, 0) is 37.5 Å². The minimum absolute atomic E-state index is 0.00515. The lowest BCUT2D eigenvalue weighted by atomic mass is 9.57. The van der Waals surface area contributed by atoms with Crippen LogP contribution in [-0.2, 0) is 9.59 Å². The van der Waals surface area contributed by atoms with Gasteiger partial charge < -0.3 is 15.9 Å². The molecule has 1 aliphatic heterocycles. The van der Waals surface area contributed by atoms with Crippen molar-refractivity contribution in [2.45, 2.75) is 64.0 Å². The van der Waals surface area contributed by atoms with Crippen molar-refractivity contribution in [1.29, 1.82) is 0 Å². The van der Waals surface area contributed by atoms with Gasteiger partial charge in [-0.25, -0.2) is 0 Å². The van der Waals surface area contributed by atoms with Crippen molar-refractivity contribution in [3.8, 4) is 0 Å². The first kappa shape index (κ1) is 15.7. The summed E-state index contributed by atoms with van der Waals surface area (Å²) >= 11 is 0. The van der Waals surface area contributed by atoms with Crippen LogP contribution in [0.4, 0.5) is 0 Å². The van der Waals surface area contributed by atoms with Crippen molar-refractivity contribution in [3.05, 3.63) is 0 Å². The van der Waals surface area contributed by atoms with Gasteiger partial charge >= 0.3 is 5.97 Å². The molecule has 1 amide bonds. The number of carbonyl (C=O) groups is 2. The number of nitrogens with one attached hydrogen (secondary N) is 1. The van der Waals surface area contributed by atoms with Crippen molar-refractivity contribution in [2.75, 3.05) is 6.61 Å². The van der Waals surface area contributed by atoms with Gasteiger partial charge in [-0.3, -0.25) is 14.9 Å². The molecule has 0 aromatic carbocycles. The van der Waals surface area contributed by atoms with Gasteiger partial charge in [0, 0.05) is 11.0 Å². The Balaban J connectivity index is 2.03. The van der Waals surface area contributed by atoms with E-state index in [2.05, 4.69) is 19.2 Å². The zero-order chi connectivity index (χ0) is 16.4. The number of fused-ring (bicyclic) bond motifs is 1. The van der Waals surface area contributed by atoms with Crippen LogP contribution in [0.3, 0.4) is 0 Å². The number of carboxylic acids is 1. The van der Waals surface area contributed by atoms with Gasteiger partial charge in [0.2, 0.25) is 5.91 Å². The third-order valence-electron chi connectivity index (χ3n) is 6.53. The number of primary amides is 1. The molecule has 0 bridgehead atoms. The molecule has 1 saturated heterocycles. The van der Waals surface area contributed by atoms with Gasteiger partial charge in [0.25, 0.3) is 0 Å². The van der Waals surface area contributed by atoms with Gasteiger partial charge in [-0.2, -0.15) is 0 Å². The first-order valence-corrected chi connectivity index (χ1v) is 8.05. The first-order chi connectivity index (χ1) is 10.1. The minimum Gasteiger partial charge on any atom is -0.480 e. The van der Waals surface area contributed by atoms with Gasteiger partial charge in [0.1, 0.15) is 6.04 Å². The number of carboxylic acid groups (broad SMARTS) is 1. The molecule has 0 aromatic heterocycles. The molecule has 1 heterocycles. The number of piperidine rings is 1. The monoisotopic (exact) mass is 310 g/mol. The first-order valence-electron chi connectivity index (χ1n) is 8.05. The van der Waals surface area contributed by atoms with Gasteiger partial charge in [-0.15, -0.1) is 0 Å². The molecule has 0 spiro atoms. The highest BCUT2D eigenvalue weighted by atomic mass is 16.4. The lowest BCUT2D eigenvalue weighted by Crippen LogP contribution is -2.60. The summed E-state index contributed by atoms with van der Waals surface area (Å²) in [5.74, 6) is -1.27. The number of carbonyl (C=O) groups excluding carboxylic acids is 1. The highest BCUT2D eigenvalue weighted by Crippen LogP contribution is 2.73. The maximum Gasteiger partial charge on any atom is 0.320 e. The van der Waals surface area contributed by atoms with Crippen LogP contribution < -0.4 is 11.1 Å². The van der Waals surface area contributed by atoms with E-state index >= 15 is 0 Å². The number of hydrogen-bond donors (Lipinski definition) is 4. The third-order valence-corrected chi connectivity index (χ3v) is 6.53. The summed E-state index contributed by atoms with van der Waals surface area (Å²) in [6.45, 7) is 4.17. The summed E-state index contributed by atoms with van der Waals surface area (Å²) in [6.07, 6.45) is 4.27. The molecule has 124 valence electrons. The number of aliphatic hydroxyl groups is 1. The minimum atomic E-state index is -0.922. The van der Waals surface area contributed by atoms with Gasteiger partial charge in [0.05, 0.1) is 12.0 Å². The Morgan fingerprint density at radius 1 is 1.27 bits per heavy atom. The van der Waals surface area contributed by atoms with Crippen LogP contribution in [-0.4, -0.2) is 40.3 Å². The third kappa shape index (κ3) is 1.80. The second kappa shape index (κ2) is 4.45. The van der Waals surface area contributed by atoms with Crippen molar-refractivity contribution < 1.29 is 19.8 Å². The highest BCUT2D eigenvalue weighted by Gasteiger charge is 2.81. The lowest BCUT2D eigenvalue weighted by molar-refractivity contribution is -0.141. The molecule has 22 heavy (non-hydrogen) atoms. The molecular weight excluding hydrogens is 284 g/mol. The Kier molecular flexibility index (Phi) is 3.18. The zero-order valence-corrected chi connectivity index (χ0v) is 13.3. The largest absolute Gasteiger partial charge is 0.480 e. The SMILES string of the molecule is CC1(C)CCCC(C(N)=O)([C@]23C[C@]2(CO)C[C@@H](C(=O)O)N3)C1. The van der Waals surface area contributed by atoms with Crippen LogP contribution in [0.5, 0.6) is 0 Å². The molecular formula is C16H26N2O4. The van der Waals surface area contributed by atoms with E-state index in [1.807, 2.05) is 0 Å². The topological polar surface area (TPSA) is 113 Å². The molecule has 1 unspecified atom stereocenters. The van der Waals surface area contributed by atoms with Gasteiger partial charge in [-0.1, -0.05) is 20.3 Å². The second-order valence-electron chi connectivity index (χ2n) is 8.40. The smallest absolute Gasteiger partial charge is 0.320 e. The van der Waals surface area contributed by atoms with Crippen LogP contribution in [0, 0.1) is 16.2 Å². The highest BCUT2D eigenvalue weighted by molar-refractivity contribution is 5.85. The summed E-state index contributed by atoms with van der Waals surface area (Å²) in [5.41, 5.74) is 3.91. The van der Waals surface area contributed by atoms with E-state index < -0.39 is 28.4 Å². The average molecular weight is 310 g/mol. The molecule has 5 N–H and O–H groups in total. The predicted octanol–water partition coefficient (Wildman–Crippen LogP) is 0.626. The standard InChI is InChI=1S/C16H26N2O4/c1-13(2)4-3-5-15(7-13,12(17)22)16-8-14(16,9-19)6-10(18-16)11(20)21/h10,18-19H,3-9H2,1-2H3,(H2,17,22)(H,20,21)/t10-,14-,15?,16-/m0/s1. The summed E-state index contributed by atoms with van der Waals surface area (Å²) in [5, 5.41) is 22.4. The number of rotatable bonds is 4. The molecule has 2 saturated carbocycles. The number of aliphatic carboxylic acids is 1. The average Bonchev–Trinajstić information content (AvgIpc) is 2.95. The molecule has 6 heteroatoms. The van der Waals surface area contributed by atoms with Crippen LogP contribution in [0.2, 0.25) is 0 Å². The fourth-order valence-corrected chi connectivity index (χ4v) is 5.52. The molecule has 6 nitrogen and oxygen atoms in total. The Bertz CT molecular complexity index is 534. The number of aliphatic hydroxyl groups excluding tert-OH is 1. The Labute approximate surface area is 130 Å². The maximum absolute atomic E-state index is 12.5. The summed E-state index contributed by atoms with van der Waals surface area (Å²) in [6, 6.07) is -0.706. The summed E-state index contributed by atoms with van der Waals surface area (Å²) < 4.78 is 0. The molecule has 3 rings (SSSR count). The van der Waals surface area contributed by atoms with E-state index in [0.717, 1.165) is 12.8 Å². The fraction of sp³-hybridized carbons (Fsp3) is 0.875. The van der Waals surface area contributed by atoms with E-state index in [1.54, 1.807) is 0 Å². The van der Waals surface area contributed by atoms with E-state index in [1.165, 1.54) is 0 Å². The van der Waals surface area contributed by atoms with E-state index in [4.69, 9.17) is 5.73 Å².